The summed E-state index contributed by atoms with van der Waals surface area (Å²) in [5.41, 5.74) is 1.58. The number of H-pyrrole nitrogens is 2. The van der Waals surface area contributed by atoms with E-state index in [9.17, 15) is 14.7 Å². The van der Waals surface area contributed by atoms with Crippen LogP contribution in [0.3, 0.4) is 0 Å². The van der Waals surface area contributed by atoms with Crippen LogP contribution in [-0.4, -0.2) is 49.9 Å². The number of imidazole rings is 1. The van der Waals surface area contributed by atoms with Gasteiger partial charge in [-0.05, 0) is 32.3 Å². The molecule has 2 aromatic heterocycles. The number of piperidine rings is 1. The standard InChI is InChI=1S/C16H20N4O3/c1-9-12(16(22)23)10(2)19-13(9)15(21)20-7-3-4-11(8-20)14-17-5-6-18-14/h5-6,11,19H,3-4,7-8H2,1-2H3,(H,17,18)(H,22,23)/t11-/m0/s1. The Morgan fingerprint density at radius 1 is 1.39 bits per heavy atom. The van der Waals surface area contributed by atoms with E-state index in [4.69, 9.17) is 0 Å². The van der Waals surface area contributed by atoms with Crippen molar-refractivity contribution in [2.75, 3.05) is 13.1 Å². The van der Waals surface area contributed by atoms with Gasteiger partial charge in [-0.2, -0.15) is 0 Å². The highest BCUT2D eigenvalue weighted by Crippen LogP contribution is 2.27. The number of rotatable bonds is 3. The number of nitrogens with zero attached hydrogens (tertiary/aromatic N) is 2. The lowest BCUT2D eigenvalue weighted by molar-refractivity contribution is 0.0693. The number of likely N-dealkylation sites (tertiary alicyclic amines) is 1. The summed E-state index contributed by atoms with van der Waals surface area (Å²) in [5, 5.41) is 9.26. The highest BCUT2D eigenvalue weighted by atomic mass is 16.4. The topological polar surface area (TPSA) is 102 Å². The predicted molar refractivity (Wildman–Crippen MR) is 83.7 cm³/mol. The van der Waals surface area contributed by atoms with Gasteiger partial charge in [0, 0.05) is 37.1 Å². The molecule has 2 aromatic rings. The van der Waals surface area contributed by atoms with Crippen molar-refractivity contribution < 1.29 is 14.7 Å². The molecule has 0 radical (unpaired) electrons. The number of aromatic carboxylic acids is 1. The fourth-order valence-corrected chi connectivity index (χ4v) is 3.33. The smallest absolute Gasteiger partial charge is 0.337 e. The van der Waals surface area contributed by atoms with E-state index in [1.807, 2.05) is 0 Å². The maximum absolute atomic E-state index is 12.8. The molecule has 0 spiro atoms. The molecule has 1 atom stereocenters. The Bertz CT molecular complexity index is 733. The molecule has 0 aliphatic carbocycles. The van der Waals surface area contributed by atoms with Gasteiger partial charge in [0.05, 0.1) is 5.56 Å². The second kappa shape index (κ2) is 5.91. The van der Waals surface area contributed by atoms with Gasteiger partial charge in [-0.25, -0.2) is 9.78 Å². The summed E-state index contributed by atoms with van der Waals surface area (Å²) in [5.74, 6) is -0.0668. The van der Waals surface area contributed by atoms with E-state index in [1.165, 1.54) is 0 Å². The van der Waals surface area contributed by atoms with Crippen molar-refractivity contribution in [1.29, 1.82) is 0 Å². The lowest BCUT2D eigenvalue weighted by Crippen LogP contribution is -2.39. The molecule has 23 heavy (non-hydrogen) atoms. The molecule has 0 saturated carbocycles. The fourth-order valence-electron chi connectivity index (χ4n) is 3.33. The summed E-state index contributed by atoms with van der Waals surface area (Å²) < 4.78 is 0. The lowest BCUT2D eigenvalue weighted by atomic mass is 9.97. The molecule has 1 saturated heterocycles. The van der Waals surface area contributed by atoms with Crippen LogP contribution < -0.4 is 0 Å². The second-order valence-electron chi connectivity index (χ2n) is 5.99. The first kappa shape index (κ1) is 15.3. The quantitative estimate of drug-likeness (QED) is 0.806. The molecule has 0 aromatic carbocycles. The Morgan fingerprint density at radius 3 is 2.78 bits per heavy atom. The number of hydrogen-bond acceptors (Lipinski definition) is 3. The Morgan fingerprint density at radius 2 is 2.17 bits per heavy atom. The number of nitrogens with one attached hydrogen (secondary N) is 2. The van der Waals surface area contributed by atoms with Crippen molar-refractivity contribution in [1.82, 2.24) is 19.9 Å². The normalized spacial score (nSPS) is 18.2. The van der Waals surface area contributed by atoms with E-state index in [2.05, 4.69) is 15.0 Å². The van der Waals surface area contributed by atoms with E-state index < -0.39 is 5.97 Å². The molecule has 1 amide bonds. The number of carbonyl (C=O) groups excluding carboxylic acids is 1. The van der Waals surface area contributed by atoms with Crippen molar-refractivity contribution in [2.45, 2.75) is 32.6 Å². The van der Waals surface area contributed by atoms with Crippen LogP contribution in [0.15, 0.2) is 12.4 Å². The van der Waals surface area contributed by atoms with Crippen LogP contribution in [0.1, 0.15) is 56.7 Å². The maximum Gasteiger partial charge on any atom is 0.337 e. The summed E-state index contributed by atoms with van der Waals surface area (Å²) in [4.78, 5) is 36.2. The number of carbonyl (C=O) groups is 2. The monoisotopic (exact) mass is 316 g/mol. The van der Waals surface area contributed by atoms with Crippen LogP contribution in [-0.2, 0) is 0 Å². The summed E-state index contributed by atoms with van der Waals surface area (Å²) in [6, 6.07) is 0. The molecular formula is C16H20N4O3. The highest BCUT2D eigenvalue weighted by molar-refractivity contribution is 6.00. The van der Waals surface area contributed by atoms with Crippen LogP contribution in [0, 0.1) is 13.8 Å². The number of aromatic amines is 2. The largest absolute Gasteiger partial charge is 0.478 e. The molecule has 3 rings (SSSR count). The first-order valence-electron chi connectivity index (χ1n) is 7.70. The summed E-state index contributed by atoms with van der Waals surface area (Å²) >= 11 is 0. The van der Waals surface area contributed by atoms with Crippen LogP contribution >= 0.6 is 0 Å². The van der Waals surface area contributed by atoms with Gasteiger partial charge in [0.1, 0.15) is 11.5 Å². The zero-order valence-electron chi connectivity index (χ0n) is 13.2. The van der Waals surface area contributed by atoms with E-state index >= 15 is 0 Å². The molecule has 7 nitrogen and oxygen atoms in total. The number of amides is 1. The van der Waals surface area contributed by atoms with E-state index in [0.29, 0.717) is 30.0 Å². The molecule has 3 heterocycles. The lowest BCUT2D eigenvalue weighted by Gasteiger charge is -2.31. The van der Waals surface area contributed by atoms with Gasteiger partial charge in [0.2, 0.25) is 0 Å². The molecule has 1 aliphatic heterocycles. The maximum atomic E-state index is 12.8. The third-order valence-corrected chi connectivity index (χ3v) is 4.48. The molecule has 122 valence electrons. The van der Waals surface area contributed by atoms with Gasteiger partial charge in [0.15, 0.2) is 0 Å². The third kappa shape index (κ3) is 2.74. The van der Waals surface area contributed by atoms with Crippen LogP contribution in [0.4, 0.5) is 0 Å². The van der Waals surface area contributed by atoms with Crippen LogP contribution in [0.25, 0.3) is 0 Å². The van der Waals surface area contributed by atoms with E-state index in [0.717, 1.165) is 18.7 Å². The zero-order chi connectivity index (χ0) is 16.6. The summed E-state index contributed by atoms with van der Waals surface area (Å²) in [7, 11) is 0. The van der Waals surface area contributed by atoms with Crippen molar-refractivity contribution >= 4 is 11.9 Å². The average Bonchev–Trinajstić information content (AvgIpc) is 3.15. The SMILES string of the molecule is Cc1[nH]c(C(=O)N2CCC[C@H](c3ncc[nH]3)C2)c(C)c1C(=O)O. The Balaban J connectivity index is 1.83. The average molecular weight is 316 g/mol. The molecule has 0 bridgehead atoms. The van der Waals surface area contributed by atoms with Crippen molar-refractivity contribution in [3.8, 4) is 0 Å². The van der Waals surface area contributed by atoms with Crippen molar-refractivity contribution in [3.05, 3.63) is 40.7 Å². The summed E-state index contributed by atoms with van der Waals surface area (Å²) in [6.07, 6.45) is 5.39. The minimum absolute atomic E-state index is 0.144. The Labute approximate surface area is 133 Å². The van der Waals surface area contributed by atoms with Crippen LogP contribution in [0.2, 0.25) is 0 Å². The molecular weight excluding hydrogens is 296 g/mol. The number of carboxylic acid groups (broad SMARTS) is 1. The molecule has 1 fully saturated rings. The Hall–Kier alpha value is -2.57. The number of aryl methyl sites for hydroxylation is 1. The second-order valence-corrected chi connectivity index (χ2v) is 5.99. The minimum atomic E-state index is -1.01. The highest BCUT2D eigenvalue weighted by Gasteiger charge is 2.30. The van der Waals surface area contributed by atoms with Gasteiger partial charge in [-0.15, -0.1) is 0 Å². The fraction of sp³-hybridized carbons (Fsp3) is 0.438. The summed E-state index contributed by atoms with van der Waals surface area (Å²) in [6.45, 7) is 4.62. The first-order chi connectivity index (χ1) is 11.0. The predicted octanol–water partition coefficient (Wildman–Crippen LogP) is 2.07. The van der Waals surface area contributed by atoms with Crippen molar-refractivity contribution in [3.63, 3.8) is 0 Å². The van der Waals surface area contributed by atoms with Gasteiger partial charge in [-0.3, -0.25) is 4.79 Å². The third-order valence-electron chi connectivity index (χ3n) is 4.48. The number of aromatic nitrogens is 3. The Kier molecular flexibility index (Phi) is 3.94. The first-order valence-corrected chi connectivity index (χ1v) is 7.70. The van der Waals surface area contributed by atoms with Gasteiger partial charge in [-0.1, -0.05) is 0 Å². The minimum Gasteiger partial charge on any atom is -0.478 e. The zero-order valence-corrected chi connectivity index (χ0v) is 13.2. The van der Waals surface area contributed by atoms with Crippen LogP contribution in [0.5, 0.6) is 0 Å². The molecule has 0 unspecified atom stereocenters. The van der Waals surface area contributed by atoms with Gasteiger partial charge < -0.3 is 20.0 Å². The van der Waals surface area contributed by atoms with E-state index in [1.54, 1.807) is 31.1 Å². The number of carboxylic acids is 1. The number of hydrogen-bond donors (Lipinski definition) is 3. The van der Waals surface area contributed by atoms with Crippen molar-refractivity contribution in [2.24, 2.45) is 0 Å². The van der Waals surface area contributed by atoms with E-state index in [-0.39, 0.29) is 17.4 Å². The molecule has 3 N–H and O–H groups in total. The van der Waals surface area contributed by atoms with Gasteiger partial charge in [0.25, 0.3) is 5.91 Å². The molecule has 1 aliphatic rings. The van der Waals surface area contributed by atoms with Gasteiger partial charge >= 0.3 is 5.97 Å². The molecule has 7 heteroatoms.